The molecule has 0 aliphatic carbocycles. The molecule has 2 aromatic carbocycles. The van der Waals surface area contributed by atoms with Crippen LogP contribution in [0.4, 0.5) is 0 Å². The summed E-state index contributed by atoms with van der Waals surface area (Å²) < 4.78 is 5.41. The third-order valence-electron chi connectivity index (χ3n) is 4.34. The molecule has 0 bridgehead atoms. The van der Waals surface area contributed by atoms with E-state index >= 15 is 0 Å². The Morgan fingerprint density at radius 2 is 1.70 bits per heavy atom. The molecule has 1 N–H and O–H groups in total. The van der Waals surface area contributed by atoms with Crippen LogP contribution in [0.1, 0.15) is 12.3 Å². The van der Waals surface area contributed by atoms with Gasteiger partial charge in [0.25, 0.3) is 0 Å². The molecule has 2 heterocycles. The van der Waals surface area contributed by atoms with Crippen LogP contribution in [0.15, 0.2) is 59.1 Å². The van der Waals surface area contributed by atoms with Crippen molar-refractivity contribution in [1.82, 2.24) is 15.5 Å². The molecule has 0 saturated carbocycles. The van der Waals surface area contributed by atoms with Crippen LogP contribution in [0.25, 0.3) is 22.5 Å². The van der Waals surface area contributed by atoms with Crippen molar-refractivity contribution < 1.29 is 4.52 Å². The standard InChI is InChI=1S/C19H19N3O/c1-2-4-15(5-3-1)16-6-8-17(9-7-16)19-21-18(23-22-19)12-14-10-11-20-13-14/h1-9,14,20H,10-13H2. The van der Waals surface area contributed by atoms with Gasteiger partial charge in [0.15, 0.2) is 0 Å². The Balaban J connectivity index is 1.51. The van der Waals surface area contributed by atoms with Gasteiger partial charge in [0.2, 0.25) is 11.7 Å². The molecule has 1 fully saturated rings. The van der Waals surface area contributed by atoms with Crippen molar-refractivity contribution in [3.05, 3.63) is 60.5 Å². The Morgan fingerprint density at radius 3 is 2.43 bits per heavy atom. The van der Waals surface area contributed by atoms with Gasteiger partial charge in [0.1, 0.15) is 0 Å². The van der Waals surface area contributed by atoms with E-state index in [1.54, 1.807) is 0 Å². The summed E-state index contributed by atoms with van der Waals surface area (Å²) in [4.78, 5) is 4.54. The molecule has 4 rings (SSSR count). The second-order valence-corrected chi connectivity index (χ2v) is 6.02. The summed E-state index contributed by atoms with van der Waals surface area (Å²) in [5, 5.41) is 7.49. The molecule has 0 spiro atoms. The van der Waals surface area contributed by atoms with Gasteiger partial charge in [-0.25, -0.2) is 0 Å². The van der Waals surface area contributed by atoms with Crippen molar-refractivity contribution in [2.24, 2.45) is 5.92 Å². The SMILES string of the molecule is c1ccc(-c2ccc(-c3noc(CC4CCNC4)n3)cc2)cc1. The molecule has 1 unspecified atom stereocenters. The summed E-state index contributed by atoms with van der Waals surface area (Å²) in [6, 6.07) is 18.6. The largest absolute Gasteiger partial charge is 0.339 e. The predicted octanol–water partition coefficient (Wildman–Crippen LogP) is 3.56. The number of benzene rings is 2. The van der Waals surface area contributed by atoms with Gasteiger partial charge in [-0.1, -0.05) is 59.8 Å². The van der Waals surface area contributed by atoms with Crippen LogP contribution in [0.2, 0.25) is 0 Å². The number of hydrogen-bond donors (Lipinski definition) is 1. The highest BCUT2D eigenvalue weighted by molar-refractivity contribution is 5.67. The molecule has 1 aliphatic rings. The molecular formula is C19H19N3O. The molecule has 4 nitrogen and oxygen atoms in total. The highest BCUT2D eigenvalue weighted by atomic mass is 16.5. The molecule has 116 valence electrons. The third kappa shape index (κ3) is 3.17. The first-order chi connectivity index (χ1) is 11.4. The Kier molecular flexibility index (Phi) is 3.90. The fourth-order valence-electron chi connectivity index (χ4n) is 3.03. The summed E-state index contributed by atoms with van der Waals surface area (Å²) in [5.41, 5.74) is 3.39. The van der Waals surface area contributed by atoms with Gasteiger partial charge >= 0.3 is 0 Å². The maximum Gasteiger partial charge on any atom is 0.227 e. The van der Waals surface area contributed by atoms with E-state index in [1.807, 2.05) is 30.3 Å². The molecule has 1 atom stereocenters. The van der Waals surface area contributed by atoms with E-state index in [-0.39, 0.29) is 0 Å². The lowest BCUT2D eigenvalue weighted by atomic mass is 10.0. The molecule has 23 heavy (non-hydrogen) atoms. The quantitative estimate of drug-likeness (QED) is 0.801. The first kappa shape index (κ1) is 14.2. The number of hydrogen-bond acceptors (Lipinski definition) is 4. The van der Waals surface area contributed by atoms with E-state index in [0.29, 0.717) is 11.7 Å². The lowest BCUT2D eigenvalue weighted by Gasteiger charge is -2.02. The van der Waals surface area contributed by atoms with Crippen LogP contribution in [0, 0.1) is 5.92 Å². The Labute approximate surface area is 135 Å². The van der Waals surface area contributed by atoms with Gasteiger partial charge in [-0.15, -0.1) is 0 Å². The Bertz CT molecular complexity index is 759. The van der Waals surface area contributed by atoms with Crippen LogP contribution in [0.3, 0.4) is 0 Å². The molecule has 3 aromatic rings. The Hall–Kier alpha value is -2.46. The highest BCUT2D eigenvalue weighted by Crippen LogP contribution is 2.24. The van der Waals surface area contributed by atoms with Gasteiger partial charge in [-0.3, -0.25) is 0 Å². The second-order valence-electron chi connectivity index (χ2n) is 6.02. The number of rotatable bonds is 4. The van der Waals surface area contributed by atoms with E-state index in [0.717, 1.165) is 31.0 Å². The van der Waals surface area contributed by atoms with Crippen LogP contribution in [-0.2, 0) is 6.42 Å². The summed E-state index contributed by atoms with van der Waals surface area (Å²) in [7, 11) is 0. The fourth-order valence-corrected chi connectivity index (χ4v) is 3.03. The minimum Gasteiger partial charge on any atom is -0.339 e. The predicted molar refractivity (Wildman–Crippen MR) is 89.9 cm³/mol. The van der Waals surface area contributed by atoms with Crippen molar-refractivity contribution >= 4 is 0 Å². The monoisotopic (exact) mass is 305 g/mol. The van der Waals surface area contributed by atoms with Crippen molar-refractivity contribution in [2.45, 2.75) is 12.8 Å². The average molecular weight is 305 g/mol. The summed E-state index contributed by atoms with van der Waals surface area (Å²) >= 11 is 0. The first-order valence-electron chi connectivity index (χ1n) is 8.07. The van der Waals surface area contributed by atoms with Gasteiger partial charge in [-0.05, 0) is 36.6 Å². The number of aromatic nitrogens is 2. The lowest BCUT2D eigenvalue weighted by molar-refractivity contribution is 0.358. The van der Waals surface area contributed by atoms with Gasteiger partial charge in [0.05, 0.1) is 0 Å². The van der Waals surface area contributed by atoms with Gasteiger partial charge in [-0.2, -0.15) is 4.98 Å². The minimum absolute atomic E-state index is 0.615. The van der Waals surface area contributed by atoms with E-state index in [4.69, 9.17) is 4.52 Å². The van der Waals surface area contributed by atoms with Crippen molar-refractivity contribution in [3.8, 4) is 22.5 Å². The maximum absolute atomic E-state index is 5.41. The minimum atomic E-state index is 0.615. The molecule has 1 saturated heterocycles. The fraction of sp³-hybridized carbons (Fsp3) is 0.263. The number of nitrogens with zero attached hydrogens (tertiary/aromatic N) is 2. The van der Waals surface area contributed by atoms with Crippen molar-refractivity contribution in [1.29, 1.82) is 0 Å². The zero-order chi connectivity index (χ0) is 15.5. The second kappa shape index (κ2) is 6.34. The van der Waals surface area contributed by atoms with E-state index in [1.165, 1.54) is 17.5 Å². The molecule has 1 aliphatic heterocycles. The van der Waals surface area contributed by atoms with Crippen LogP contribution in [-0.4, -0.2) is 23.2 Å². The summed E-state index contributed by atoms with van der Waals surface area (Å²) in [6.45, 7) is 2.14. The van der Waals surface area contributed by atoms with E-state index < -0.39 is 0 Å². The Morgan fingerprint density at radius 1 is 0.957 bits per heavy atom. The zero-order valence-corrected chi connectivity index (χ0v) is 12.9. The summed E-state index contributed by atoms with van der Waals surface area (Å²) in [5.74, 6) is 2.02. The smallest absolute Gasteiger partial charge is 0.227 e. The normalized spacial score (nSPS) is 17.5. The van der Waals surface area contributed by atoms with Crippen molar-refractivity contribution in [3.63, 3.8) is 0 Å². The first-order valence-corrected chi connectivity index (χ1v) is 8.07. The topological polar surface area (TPSA) is 51.0 Å². The van der Waals surface area contributed by atoms with Crippen molar-refractivity contribution in [2.75, 3.05) is 13.1 Å². The average Bonchev–Trinajstić information content (AvgIpc) is 3.28. The molecular weight excluding hydrogens is 286 g/mol. The van der Waals surface area contributed by atoms with E-state index in [2.05, 4.69) is 39.7 Å². The van der Waals surface area contributed by atoms with Crippen LogP contribution in [0.5, 0.6) is 0 Å². The van der Waals surface area contributed by atoms with Gasteiger partial charge in [0, 0.05) is 12.0 Å². The lowest BCUT2D eigenvalue weighted by Crippen LogP contribution is -2.10. The molecule has 4 heteroatoms. The number of nitrogens with one attached hydrogen (secondary N) is 1. The summed E-state index contributed by atoms with van der Waals surface area (Å²) in [6.07, 6.45) is 2.05. The van der Waals surface area contributed by atoms with E-state index in [9.17, 15) is 0 Å². The zero-order valence-electron chi connectivity index (χ0n) is 12.9. The maximum atomic E-state index is 5.41. The van der Waals surface area contributed by atoms with Gasteiger partial charge < -0.3 is 9.84 Å². The molecule has 1 aromatic heterocycles. The van der Waals surface area contributed by atoms with Crippen LogP contribution < -0.4 is 5.32 Å². The molecule has 0 amide bonds. The molecule has 0 radical (unpaired) electrons. The highest BCUT2D eigenvalue weighted by Gasteiger charge is 2.18. The van der Waals surface area contributed by atoms with Crippen LogP contribution >= 0.6 is 0 Å². The third-order valence-corrected chi connectivity index (χ3v) is 4.34.